The molecule has 0 spiro atoms. The van der Waals surface area contributed by atoms with Crippen LogP contribution in [0, 0.1) is 11.6 Å². The zero-order valence-corrected chi connectivity index (χ0v) is 8.60. The minimum atomic E-state index is -0.783. The highest BCUT2D eigenvalue weighted by molar-refractivity contribution is 5.19. The molecule has 84 valence electrons. The zero-order chi connectivity index (χ0) is 11.1. The normalized spacial score (nSPS) is 10.6. The van der Waals surface area contributed by atoms with Gasteiger partial charge in [0.1, 0.15) is 0 Å². The molecule has 0 aliphatic rings. The SMILES string of the molecule is NCCCNCCc1cccc(F)c1F. The third-order valence-electron chi connectivity index (χ3n) is 2.16. The van der Waals surface area contributed by atoms with Crippen molar-refractivity contribution >= 4 is 0 Å². The summed E-state index contributed by atoms with van der Waals surface area (Å²) in [6.45, 7) is 2.09. The molecular formula is C11H16F2N2. The van der Waals surface area contributed by atoms with Gasteiger partial charge in [0.25, 0.3) is 0 Å². The first kappa shape index (κ1) is 12.1. The number of hydrogen-bond donors (Lipinski definition) is 2. The summed E-state index contributed by atoms with van der Waals surface area (Å²) in [5.74, 6) is -1.52. The lowest BCUT2D eigenvalue weighted by molar-refractivity contribution is 0.496. The van der Waals surface area contributed by atoms with E-state index < -0.39 is 11.6 Å². The lowest BCUT2D eigenvalue weighted by atomic mass is 10.1. The van der Waals surface area contributed by atoms with E-state index in [4.69, 9.17) is 5.73 Å². The Hall–Kier alpha value is -1.00. The molecule has 0 heterocycles. The van der Waals surface area contributed by atoms with Gasteiger partial charge in [-0.2, -0.15) is 0 Å². The number of nitrogens with two attached hydrogens (primary N) is 1. The van der Waals surface area contributed by atoms with E-state index in [0.717, 1.165) is 19.0 Å². The molecule has 0 aliphatic heterocycles. The number of halogens is 2. The average Bonchev–Trinajstić information content (AvgIpc) is 2.24. The van der Waals surface area contributed by atoms with Crippen LogP contribution < -0.4 is 11.1 Å². The van der Waals surface area contributed by atoms with Crippen LogP contribution >= 0.6 is 0 Å². The fraction of sp³-hybridized carbons (Fsp3) is 0.455. The van der Waals surface area contributed by atoms with Gasteiger partial charge in [0.15, 0.2) is 11.6 Å². The predicted octanol–water partition coefficient (Wildman–Crippen LogP) is 1.45. The van der Waals surface area contributed by atoms with E-state index >= 15 is 0 Å². The highest BCUT2D eigenvalue weighted by atomic mass is 19.2. The molecule has 3 N–H and O–H groups in total. The van der Waals surface area contributed by atoms with Crippen molar-refractivity contribution in [3.05, 3.63) is 35.4 Å². The molecule has 1 aromatic rings. The molecule has 0 fully saturated rings. The molecular weight excluding hydrogens is 198 g/mol. The molecule has 0 aliphatic carbocycles. The van der Waals surface area contributed by atoms with Gasteiger partial charge < -0.3 is 11.1 Å². The molecule has 4 heteroatoms. The van der Waals surface area contributed by atoms with Gasteiger partial charge >= 0.3 is 0 Å². The van der Waals surface area contributed by atoms with Crippen LogP contribution in [-0.4, -0.2) is 19.6 Å². The quantitative estimate of drug-likeness (QED) is 0.703. The minimum absolute atomic E-state index is 0.412. The molecule has 0 radical (unpaired) electrons. The summed E-state index contributed by atoms with van der Waals surface area (Å²) in [6, 6.07) is 4.25. The summed E-state index contributed by atoms with van der Waals surface area (Å²) < 4.78 is 26.0. The largest absolute Gasteiger partial charge is 0.330 e. The van der Waals surface area contributed by atoms with E-state index in [9.17, 15) is 8.78 Å². The van der Waals surface area contributed by atoms with Crippen LogP contribution in [0.1, 0.15) is 12.0 Å². The summed E-state index contributed by atoms with van der Waals surface area (Å²) in [7, 11) is 0. The van der Waals surface area contributed by atoms with Crippen molar-refractivity contribution in [3.8, 4) is 0 Å². The smallest absolute Gasteiger partial charge is 0.162 e. The van der Waals surface area contributed by atoms with Crippen LogP contribution in [0.5, 0.6) is 0 Å². The molecule has 0 saturated carbocycles. The van der Waals surface area contributed by atoms with Crippen molar-refractivity contribution in [2.45, 2.75) is 12.8 Å². The number of rotatable bonds is 6. The Labute approximate surface area is 88.5 Å². The number of hydrogen-bond acceptors (Lipinski definition) is 2. The van der Waals surface area contributed by atoms with Crippen molar-refractivity contribution in [2.75, 3.05) is 19.6 Å². The molecule has 1 aromatic carbocycles. The summed E-state index contributed by atoms with van der Waals surface area (Å²) in [4.78, 5) is 0. The Balaban J connectivity index is 2.34. The number of benzene rings is 1. The van der Waals surface area contributed by atoms with Gasteiger partial charge in [-0.3, -0.25) is 0 Å². The van der Waals surface area contributed by atoms with Gasteiger partial charge in [-0.15, -0.1) is 0 Å². The maximum Gasteiger partial charge on any atom is 0.162 e. The molecule has 15 heavy (non-hydrogen) atoms. The molecule has 0 aromatic heterocycles. The first-order valence-corrected chi connectivity index (χ1v) is 5.09. The monoisotopic (exact) mass is 214 g/mol. The lowest BCUT2D eigenvalue weighted by Crippen LogP contribution is -2.21. The van der Waals surface area contributed by atoms with E-state index in [0.29, 0.717) is 25.1 Å². The second kappa shape index (κ2) is 6.48. The van der Waals surface area contributed by atoms with E-state index in [2.05, 4.69) is 5.32 Å². The van der Waals surface area contributed by atoms with Crippen LogP contribution in [-0.2, 0) is 6.42 Å². The zero-order valence-electron chi connectivity index (χ0n) is 8.60. The van der Waals surface area contributed by atoms with Crippen LogP contribution in [0.3, 0.4) is 0 Å². The molecule has 0 atom stereocenters. The van der Waals surface area contributed by atoms with Crippen molar-refractivity contribution in [1.29, 1.82) is 0 Å². The third kappa shape index (κ3) is 3.93. The highest BCUT2D eigenvalue weighted by Crippen LogP contribution is 2.11. The van der Waals surface area contributed by atoms with Crippen molar-refractivity contribution in [1.82, 2.24) is 5.32 Å². The topological polar surface area (TPSA) is 38.0 Å². The Morgan fingerprint density at radius 2 is 2.00 bits per heavy atom. The second-order valence-electron chi connectivity index (χ2n) is 3.36. The molecule has 1 rings (SSSR count). The Morgan fingerprint density at radius 1 is 1.20 bits per heavy atom. The van der Waals surface area contributed by atoms with Crippen LogP contribution in [0.15, 0.2) is 18.2 Å². The summed E-state index contributed by atoms with van der Waals surface area (Å²) in [5.41, 5.74) is 5.73. The van der Waals surface area contributed by atoms with Gasteiger partial charge in [0.2, 0.25) is 0 Å². The second-order valence-corrected chi connectivity index (χ2v) is 3.36. The molecule has 0 bridgehead atoms. The highest BCUT2D eigenvalue weighted by Gasteiger charge is 2.06. The van der Waals surface area contributed by atoms with Crippen LogP contribution in [0.2, 0.25) is 0 Å². The Bertz CT molecular complexity index is 303. The standard InChI is InChI=1S/C11H16F2N2/c12-10-4-1-3-9(11(10)13)5-8-15-7-2-6-14/h1,3-4,15H,2,5-8,14H2. The fourth-order valence-corrected chi connectivity index (χ4v) is 1.32. The lowest BCUT2D eigenvalue weighted by Gasteiger charge is -2.05. The predicted molar refractivity (Wildman–Crippen MR) is 56.6 cm³/mol. The maximum atomic E-state index is 13.2. The summed E-state index contributed by atoms with van der Waals surface area (Å²) >= 11 is 0. The van der Waals surface area contributed by atoms with E-state index in [1.807, 2.05) is 0 Å². The molecule has 0 unspecified atom stereocenters. The summed E-state index contributed by atoms with van der Waals surface area (Å²) in [5, 5.41) is 3.11. The Kier molecular flexibility index (Phi) is 5.21. The van der Waals surface area contributed by atoms with Gasteiger partial charge in [-0.05, 0) is 44.1 Å². The van der Waals surface area contributed by atoms with E-state index in [-0.39, 0.29) is 0 Å². The first-order valence-electron chi connectivity index (χ1n) is 5.09. The van der Waals surface area contributed by atoms with Crippen molar-refractivity contribution < 1.29 is 8.78 Å². The van der Waals surface area contributed by atoms with Gasteiger partial charge in [-0.1, -0.05) is 12.1 Å². The maximum absolute atomic E-state index is 13.2. The van der Waals surface area contributed by atoms with Crippen LogP contribution in [0.25, 0.3) is 0 Å². The summed E-state index contributed by atoms with van der Waals surface area (Å²) in [6.07, 6.45) is 1.39. The third-order valence-corrected chi connectivity index (χ3v) is 2.16. The number of nitrogens with one attached hydrogen (secondary N) is 1. The van der Waals surface area contributed by atoms with E-state index in [1.165, 1.54) is 6.07 Å². The van der Waals surface area contributed by atoms with Gasteiger partial charge in [-0.25, -0.2) is 8.78 Å². The van der Waals surface area contributed by atoms with Gasteiger partial charge in [0.05, 0.1) is 0 Å². The molecule has 0 saturated heterocycles. The fourth-order valence-electron chi connectivity index (χ4n) is 1.32. The van der Waals surface area contributed by atoms with Crippen molar-refractivity contribution in [3.63, 3.8) is 0 Å². The average molecular weight is 214 g/mol. The van der Waals surface area contributed by atoms with E-state index in [1.54, 1.807) is 6.07 Å². The molecule has 0 amide bonds. The van der Waals surface area contributed by atoms with Crippen LogP contribution in [0.4, 0.5) is 8.78 Å². The van der Waals surface area contributed by atoms with Crippen molar-refractivity contribution in [2.24, 2.45) is 5.73 Å². The van der Waals surface area contributed by atoms with Gasteiger partial charge in [0, 0.05) is 0 Å². The first-order chi connectivity index (χ1) is 7.25. The molecule has 2 nitrogen and oxygen atoms in total. The Morgan fingerprint density at radius 3 is 2.73 bits per heavy atom. The minimum Gasteiger partial charge on any atom is -0.330 e.